The molecule has 0 saturated carbocycles. The van der Waals surface area contributed by atoms with Crippen LogP contribution >= 0.6 is 11.8 Å². The molecule has 7 heteroatoms. The van der Waals surface area contributed by atoms with E-state index >= 15 is 0 Å². The van der Waals surface area contributed by atoms with Gasteiger partial charge in [0.15, 0.2) is 5.17 Å². The Morgan fingerprint density at radius 3 is 2.41 bits per heavy atom. The number of β-lactam (4-membered cyclic amide) rings is 1. The van der Waals surface area contributed by atoms with Crippen LogP contribution in [0, 0.1) is 0 Å². The fourth-order valence-electron chi connectivity index (χ4n) is 4.22. The predicted octanol–water partition coefficient (Wildman–Crippen LogP) is 4.66. The Labute approximate surface area is 193 Å². The van der Waals surface area contributed by atoms with Gasteiger partial charge in [0.1, 0.15) is 11.8 Å². The summed E-state index contributed by atoms with van der Waals surface area (Å²) in [6.45, 7) is 2.87. The van der Waals surface area contributed by atoms with E-state index in [9.17, 15) is 9.59 Å². The maximum atomic E-state index is 13.4. The number of carbonyl (C=O) groups excluding carboxylic acids is 2. The topological polar surface area (TPSA) is 62.2 Å². The monoisotopic (exact) mass is 451 g/mol. The van der Waals surface area contributed by atoms with Gasteiger partial charge in [0.25, 0.3) is 5.91 Å². The van der Waals surface area contributed by atoms with Crippen molar-refractivity contribution in [1.29, 1.82) is 0 Å². The second-order valence-electron chi connectivity index (χ2n) is 7.98. The molecule has 2 atom stereocenters. The molecule has 2 fully saturated rings. The van der Waals surface area contributed by atoms with Crippen molar-refractivity contribution in [3.63, 3.8) is 0 Å². The number of hydrogen-bond acceptors (Lipinski definition) is 5. The van der Waals surface area contributed by atoms with E-state index in [-0.39, 0.29) is 17.9 Å². The van der Waals surface area contributed by atoms with Crippen LogP contribution in [0.2, 0.25) is 0 Å². The molecule has 2 saturated heterocycles. The van der Waals surface area contributed by atoms with Crippen molar-refractivity contribution < 1.29 is 14.3 Å². The number of aliphatic imine (C=N–C) groups is 1. The molecule has 0 radical (unpaired) electrons. The van der Waals surface area contributed by atoms with Crippen LogP contribution in [0.5, 0.6) is 5.75 Å². The zero-order chi connectivity index (χ0) is 22.5. The number of ether oxygens (including phenoxy) is 1. The van der Waals surface area contributed by atoms with Crippen LogP contribution in [0.15, 0.2) is 59.6 Å². The average Bonchev–Trinajstić information content (AvgIpc) is 3.18. The number of thioether (sulfide) groups is 1. The van der Waals surface area contributed by atoms with Crippen LogP contribution in [0.4, 0.5) is 5.69 Å². The molecule has 0 spiro atoms. The number of hydrogen-bond donors (Lipinski definition) is 0. The highest BCUT2D eigenvalue weighted by molar-refractivity contribution is 8.15. The van der Waals surface area contributed by atoms with Gasteiger partial charge in [-0.15, -0.1) is 0 Å². The minimum absolute atomic E-state index is 0.0454. The summed E-state index contributed by atoms with van der Waals surface area (Å²) in [5.74, 6) is 0.939. The van der Waals surface area contributed by atoms with Gasteiger partial charge in [-0.3, -0.25) is 19.5 Å². The number of amides is 2. The van der Waals surface area contributed by atoms with Gasteiger partial charge in [-0.1, -0.05) is 68.3 Å². The van der Waals surface area contributed by atoms with Crippen LogP contribution in [0.1, 0.15) is 44.2 Å². The van der Waals surface area contributed by atoms with Crippen molar-refractivity contribution >= 4 is 34.4 Å². The third-order valence-electron chi connectivity index (χ3n) is 5.90. The van der Waals surface area contributed by atoms with Crippen molar-refractivity contribution in [3.05, 3.63) is 60.2 Å². The molecule has 2 aromatic rings. The quantitative estimate of drug-likeness (QED) is 0.411. The molecule has 0 aliphatic carbocycles. The van der Waals surface area contributed by atoms with E-state index in [1.807, 2.05) is 54.6 Å². The van der Waals surface area contributed by atoms with Gasteiger partial charge in [-0.05, 0) is 36.2 Å². The standard InChI is InChI=1S/C25H29N3O3S/c1-3-4-5-9-16-26-25-28(21(29)17-32-25)23-22(18-10-7-6-8-11-18)27(24(23)30)19-12-14-20(31-2)15-13-19/h6-8,10-15,22-23H,3-5,9,16-17H2,1-2H3/t22-,23-/m1/s1. The summed E-state index contributed by atoms with van der Waals surface area (Å²) < 4.78 is 5.26. The van der Waals surface area contributed by atoms with E-state index in [0.29, 0.717) is 17.5 Å². The van der Waals surface area contributed by atoms with Crippen LogP contribution < -0.4 is 9.64 Å². The van der Waals surface area contributed by atoms with Crippen molar-refractivity contribution in [3.8, 4) is 5.75 Å². The van der Waals surface area contributed by atoms with Crippen molar-refractivity contribution in [2.45, 2.75) is 44.7 Å². The zero-order valence-corrected chi connectivity index (χ0v) is 19.4. The lowest BCUT2D eigenvalue weighted by molar-refractivity contribution is -0.138. The molecule has 2 heterocycles. The first-order chi connectivity index (χ1) is 15.7. The van der Waals surface area contributed by atoms with E-state index in [4.69, 9.17) is 9.73 Å². The first kappa shape index (κ1) is 22.4. The third kappa shape index (κ3) is 4.39. The molecule has 2 amide bonds. The molecule has 0 aromatic heterocycles. The summed E-state index contributed by atoms with van der Waals surface area (Å²) in [5.41, 5.74) is 1.79. The normalized spacial score (nSPS) is 21.9. The molecule has 2 aliphatic heterocycles. The molecular weight excluding hydrogens is 422 g/mol. The van der Waals surface area contributed by atoms with E-state index < -0.39 is 6.04 Å². The molecule has 32 heavy (non-hydrogen) atoms. The summed E-state index contributed by atoms with van der Waals surface area (Å²) in [4.78, 5) is 34.4. The molecule has 6 nitrogen and oxygen atoms in total. The number of unbranched alkanes of at least 4 members (excludes halogenated alkanes) is 3. The summed E-state index contributed by atoms with van der Waals surface area (Å²) in [6.07, 6.45) is 4.49. The number of carbonyl (C=O) groups is 2. The van der Waals surface area contributed by atoms with E-state index in [1.165, 1.54) is 24.6 Å². The lowest BCUT2D eigenvalue weighted by Gasteiger charge is -2.50. The largest absolute Gasteiger partial charge is 0.497 e. The minimum Gasteiger partial charge on any atom is -0.497 e. The first-order valence-electron chi connectivity index (χ1n) is 11.2. The maximum absolute atomic E-state index is 13.4. The van der Waals surface area contributed by atoms with E-state index in [0.717, 1.165) is 29.8 Å². The Kier molecular flexibility index (Phi) is 7.15. The van der Waals surface area contributed by atoms with Crippen molar-refractivity contribution in [1.82, 2.24) is 4.90 Å². The van der Waals surface area contributed by atoms with Gasteiger partial charge in [0.2, 0.25) is 5.91 Å². The summed E-state index contributed by atoms with van der Waals surface area (Å²) in [6, 6.07) is 16.5. The van der Waals surface area contributed by atoms with Crippen LogP contribution in [0.25, 0.3) is 0 Å². The maximum Gasteiger partial charge on any atom is 0.253 e. The third-order valence-corrected chi connectivity index (χ3v) is 6.87. The van der Waals surface area contributed by atoms with Crippen LogP contribution in [-0.4, -0.2) is 47.3 Å². The molecule has 168 valence electrons. The number of nitrogens with zero attached hydrogens (tertiary/aromatic N) is 3. The fourth-order valence-corrected chi connectivity index (χ4v) is 5.15. The lowest BCUT2D eigenvalue weighted by Crippen LogP contribution is -2.67. The Bertz CT molecular complexity index is 978. The highest BCUT2D eigenvalue weighted by atomic mass is 32.2. The predicted molar refractivity (Wildman–Crippen MR) is 129 cm³/mol. The highest BCUT2D eigenvalue weighted by Gasteiger charge is 2.55. The molecule has 0 unspecified atom stereocenters. The van der Waals surface area contributed by atoms with Crippen LogP contribution in [0.3, 0.4) is 0 Å². The highest BCUT2D eigenvalue weighted by Crippen LogP contribution is 2.44. The molecule has 4 rings (SSSR count). The van der Waals surface area contributed by atoms with Gasteiger partial charge >= 0.3 is 0 Å². The number of benzene rings is 2. The van der Waals surface area contributed by atoms with Crippen molar-refractivity contribution in [2.75, 3.05) is 24.3 Å². The smallest absolute Gasteiger partial charge is 0.253 e. The van der Waals surface area contributed by atoms with E-state index in [2.05, 4.69) is 6.92 Å². The van der Waals surface area contributed by atoms with Gasteiger partial charge in [-0.2, -0.15) is 0 Å². The summed E-state index contributed by atoms with van der Waals surface area (Å²) in [7, 11) is 1.62. The number of methoxy groups -OCH3 is 1. The summed E-state index contributed by atoms with van der Waals surface area (Å²) >= 11 is 1.44. The Balaban J connectivity index is 1.62. The van der Waals surface area contributed by atoms with Crippen molar-refractivity contribution in [2.24, 2.45) is 4.99 Å². The van der Waals surface area contributed by atoms with Crippen LogP contribution in [-0.2, 0) is 9.59 Å². The molecule has 2 aromatic carbocycles. The lowest BCUT2D eigenvalue weighted by atomic mass is 9.86. The van der Waals surface area contributed by atoms with Gasteiger partial charge in [0.05, 0.1) is 18.9 Å². The number of rotatable bonds is 9. The van der Waals surface area contributed by atoms with Gasteiger partial charge in [0, 0.05) is 12.2 Å². The fraction of sp³-hybridized carbons (Fsp3) is 0.400. The second kappa shape index (κ2) is 10.2. The Morgan fingerprint density at radius 2 is 1.72 bits per heavy atom. The van der Waals surface area contributed by atoms with E-state index in [1.54, 1.807) is 16.9 Å². The zero-order valence-electron chi connectivity index (χ0n) is 18.6. The first-order valence-corrected chi connectivity index (χ1v) is 12.2. The Morgan fingerprint density at radius 1 is 0.969 bits per heavy atom. The average molecular weight is 452 g/mol. The SMILES string of the molecule is CCCCCCN=C1SCC(=O)N1[C@H]1C(=O)N(c2ccc(OC)cc2)[C@@H]1c1ccccc1. The molecular formula is C25H29N3O3S. The number of amidine groups is 1. The van der Waals surface area contributed by atoms with Gasteiger partial charge < -0.3 is 9.64 Å². The minimum atomic E-state index is -0.573. The summed E-state index contributed by atoms with van der Waals surface area (Å²) in [5, 5.41) is 0.681. The Hall–Kier alpha value is -2.80. The van der Waals surface area contributed by atoms with Gasteiger partial charge in [-0.25, -0.2) is 0 Å². The second-order valence-corrected chi connectivity index (χ2v) is 8.93. The number of anilines is 1. The molecule has 0 N–H and O–H groups in total. The molecule has 2 aliphatic rings. The molecule has 0 bridgehead atoms.